The van der Waals surface area contributed by atoms with Crippen molar-refractivity contribution in [3.05, 3.63) is 0 Å². The van der Waals surface area contributed by atoms with Gasteiger partial charge in [-0.05, 0) is 0 Å². The zero-order chi connectivity index (χ0) is 9.00. The Balaban J connectivity index is -0.000000107. The van der Waals surface area contributed by atoms with E-state index in [2.05, 4.69) is 0 Å². The summed E-state index contributed by atoms with van der Waals surface area (Å²) in [6.07, 6.45) is 0. The summed E-state index contributed by atoms with van der Waals surface area (Å²) in [5.74, 6) is 0. The summed E-state index contributed by atoms with van der Waals surface area (Å²) in [6, 6.07) is 0. The topological polar surface area (TPSA) is 167 Å². The maximum absolute atomic E-state index is 8.77. The maximum Gasteiger partial charge on any atom is 4.00 e. The Morgan fingerprint density at radius 1 is 0.909 bits per heavy atom. The second-order valence-corrected chi connectivity index (χ2v) is 2.81. The minimum absolute atomic E-state index is 0. The maximum atomic E-state index is 8.77. The molecule has 0 aliphatic carbocycles. The molecule has 0 saturated heterocycles. The van der Waals surface area contributed by atoms with Crippen LogP contribution in [-0.4, -0.2) is 9.79 Å². The van der Waals surface area contributed by atoms with Gasteiger partial charge in [-0.15, -0.1) is 0 Å². The van der Waals surface area contributed by atoms with Crippen molar-refractivity contribution in [2.75, 3.05) is 0 Å². The molecule has 64 valence electrons. The second-order valence-electron chi connectivity index (χ2n) is 0.938. The van der Waals surface area contributed by atoms with Crippen LogP contribution in [0.1, 0.15) is 0 Å². The van der Waals surface area contributed by atoms with Crippen LogP contribution in [0.5, 0.6) is 0 Å². The van der Waals surface area contributed by atoms with E-state index >= 15 is 0 Å². The zero-order valence-electron chi connectivity index (χ0n) is 4.74. The molecule has 0 heterocycles. The van der Waals surface area contributed by atoms with E-state index < -0.39 is 15.6 Å². The Bertz CT molecular complexity index is 124. The molecule has 0 rings (SSSR count). The Morgan fingerprint density at radius 2 is 0.909 bits per heavy atom. The van der Waals surface area contributed by atoms with E-state index in [-0.39, 0.29) is 41.7 Å². The number of phosphoric acid groups is 2. The number of rotatable bonds is 0. The smallest absolute Gasteiger partial charge is 0.822 e. The van der Waals surface area contributed by atoms with Crippen molar-refractivity contribution in [3.63, 3.8) is 0 Å². The molecule has 2 N–H and O–H groups in total. The van der Waals surface area contributed by atoms with Gasteiger partial charge in [0.2, 0.25) is 0 Å². The summed E-state index contributed by atoms with van der Waals surface area (Å²) in [5, 5.41) is 0. The first-order valence-electron chi connectivity index (χ1n) is 1.50. The normalized spacial score (nSPS) is 10.7. The third kappa shape index (κ3) is 419. The molecule has 0 aromatic carbocycles. The summed E-state index contributed by atoms with van der Waals surface area (Å²) in [5.41, 5.74) is 0. The van der Waals surface area contributed by atoms with E-state index in [1.54, 1.807) is 0 Å². The van der Waals surface area contributed by atoms with Gasteiger partial charge in [0, 0.05) is 0 Å². The fraction of sp³-hybridized carbons (Fsp3) is 0. The fourth-order valence-electron chi connectivity index (χ4n) is 0. The van der Waals surface area contributed by atoms with E-state index in [1.807, 2.05) is 0 Å². The second kappa shape index (κ2) is 7.04. The van der Waals surface area contributed by atoms with Gasteiger partial charge in [-0.25, -0.2) is 0 Å². The molecule has 0 aromatic heterocycles. The molecule has 0 aliphatic heterocycles. The quantitative estimate of drug-likeness (QED) is 0.419. The van der Waals surface area contributed by atoms with E-state index in [4.69, 9.17) is 38.5 Å². The van der Waals surface area contributed by atoms with Crippen molar-refractivity contribution in [2.45, 2.75) is 0 Å². The van der Waals surface area contributed by atoms with Gasteiger partial charge in [0.05, 0.1) is 0 Å². The van der Waals surface area contributed by atoms with Crippen LogP contribution < -0.4 is 19.6 Å². The standard InChI is InChI=1S/Ce.2H3O4P/c;2*1-5(2,3)4/h;2*(H3,1,2,3,4)/q+4;;/p-4. The largest absolute Gasteiger partial charge is 4.00 e. The van der Waals surface area contributed by atoms with Gasteiger partial charge in [-0.2, -0.15) is 7.82 Å². The molecule has 0 radical (unpaired) electrons. The van der Waals surface area contributed by atoms with Crippen molar-refractivity contribution in [1.29, 1.82) is 0 Å². The molecule has 0 unspecified atom stereocenters. The van der Waals surface area contributed by atoms with Gasteiger partial charge in [0.1, 0.15) is 0 Å². The third-order valence-electron chi connectivity index (χ3n) is 0. The van der Waals surface area contributed by atoms with Crippen molar-refractivity contribution in [2.24, 2.45) is 0 Å². The van der Waals surface area contributed by atoms with Crippen molar-refractivity contribution in [3.8, 4) is 0 Å². The molecule has 0 aromatic rings. The molecule has 0 atom stereocenters. The molecule has 11 heavy (non-hydrogen) atoms. The first-order chi connectivity index (χ1) is 4.00. The summed E-state index contributed by atoms with van der Waals surface area (Å²) in [6.45, 7) is 0. The van der Waals surface area contributed by atoms with Crippen LogP contribution >= 0.6 is 15.6 Å². The first-order valence-corrected chi connectivity index (χ1v) is 4.49. The van der Waals surface area contributed by atoms with Crippen LogP contribution in [0, 0.1) is 41.7 Å². The van der Waals surface area contributed by atoms with Gasteiger partial charge < -0.3 is 33.9 Å². The van der Waals surface area contributed by atoms with Crippen LogP contribution in [0.25, 0.3) is 0 Å². The molecular weight excluding hydrogens is 330 g/mol. The van der Waals surface area contributed by atoms with Crippen LogP contribution in [0.15, 0.2) is 0 Å². The van der Waals surface area contributed by atoms with E-state index in [1.165, 1.54) is 0 Å². The van der Waals surface area contributed by atoms with Gasteiger partial charge in [-0.3, -0.25) is 4.57 Å². The van der Waals surface area contributed by atoms with Crippen LogP contribution in [0.2, 0.25) is 0 Å². The Hall–Kier alpha value is 1.60. The van der Waals surface area contributed by atoms with Crippen molar-refractivity contribution < 1.29 is 80.2 Å². The predicted octanol–water partition coefficient (Wildman–Crippen LogP) is -4.39. The summed E-state index contributed by atoms with van der Waals surface area (Å²) >= 11 is 0. The predicted molar refractivity (Wildman–Crippen MR) is 19.7 cm³/mol. The van der Waals surface area contributed by atoms with Crippen LogP contribution in [0.4, 0.5) is 0 Å². The molecule has 0 fully saturated rings. The summed E-state index contributed by atoms with van der Waals surface area (Å²) in [4.78, 5) is 48.6. The minimum Gasteiger partial charge on any atom is -0.822 e. The summed E-state index contributed by atoms with van der Waals surface area (Å²) in [7, 11) is -10.3. The molecule has 8 nitrogen and oxygen atoms in total. The van der Waals surface area contributed by atoms with Crippen LogP contribution in [0.3, 0.4) is 0 Å². The van der Waals surface area contributed by atoms with Gasteiger partial charge in [-0.1, -0.05) is 0 Å². The van der Waals surface area contributed by atoms with Gasteiger partial charge in [0.25, 0.3) is 7.82 Å². The molecule has 0 spiro atoms. The van der Waals surface area contributed by atoms with E-state index in [0.717, 1.165) is 0 Å². The number of hydrogen-bond donors (Lipinski definition) is 2. The molecule has 0 bridgehead atoms. The van der Waals surface area contributed by atoms with Gasteiger partial charge >= 0.3 is 41.7 Å². The SMILES string of the molecule is O=P([O-])(O)O.O=P([O-])([O-])[O-].[Ce+4]. The molecular formula is H2CeO8P2. The average molecular weight is 332 g/mol. The van der Waals surface area contributed by atoms with E-state index in [9.17, 15) is 0 Å². The molecule has 0 aliphatic rings. The van der Waals surface area contributed by atoms with Crippen molar-refractivity contribution in [1.82, 2.24) is 0 Å². The molecule has 0 saturated carbocycles. The van der Waals surface area contributed by atoms with Gasteiger partial charge in [0.15, 0.2) is 0 Å². The third-order valence-corrected chi connectivity index (χ3v) is 0. The van der Waals surface area contributed by atoms with Crippen molar-refractivity contribution >= 4 is 15.6 Å². The van der Waals surface area contributed by atoms with Crippen LogP contribution in [-0.2, 0) is 9.13 Å². The van der Waals surface area contributed by atoms with E-state index in [0.29, 0.717) is 0 Å². The number of hydrogen-bond acceptors (Lipinski definition) is 6. The average Bonchev–Trinajstić information content (AvgIpc) is 1.12. The monoisotopic (exact) mass is 332 g/mol. The Morgan fingerprint density at radius 3 is 0.909 bits per heavy atom. The molecule has 11 heteroatoms. The molecule has 0 amide bonds. The first kappa shape index (κ1) is 18.4. The summed E-state index contributed by atoms with van der Waals surface area (Å²) < 4.78 is 17.3. The Kier molecular flexibility index (Phi) is 11.8. The Labute approximate surface area is 95.1 Å². The minimum atomic E-state index is -5.39. The zero-order valence-corrected chi connectivity index (χ0v) is 9.67. The fourth-order valence-corrected chi connectivity index (χ4v) is 0.